The molecule has 1 saturated heterocycles. The third kappa shape index (κ3) is 2.21. The minimum atomic E-state index is 0.689. The van der Waals surface area contributed by atoms with Gasteiger partial charge in [0.15, 0.2) is 0 Å². The van der Waals surface area contributed by atoms with Crippen LogP contribution in [0.15, 0.2) is 0 Å². The lowest BCUT2D eigenvalue weighted by Crippen LogP contribution is -2.51. The first-order chi connectivity index (χ1) is 7.24. The number of hydrogen-bond acceptors (Lipinski definition) is 2. The van der Waals surface area contributed by atoms with Crippen LogP contribution in [0.5, 0.6) is 0 Å². The Morgan fingerprint density at radius 2 is 1.93 bits per heavy atom. The van der Waals surface area contributed by atoms with Crippen molar-refractivity contribution >= 4 is 0 Å². The second-order valence-corrected chi connectivity index (χ2v) is 5.69. The monoisotopic (exact) mass is 210 g/mol. The van der Waals surface area contributed by atoms with Gasteiger partial charge in [-0.15, -0.1) is 0 Å². The molecule has 2 atom stereocenters. The SMILES string of the molecule is CC(C)C1CCCN1C(CN)C1CCC1. The fourth-order valence-corrected chi connectivity index (χ4v) is 3.37. The lowest BCUT2D eigenvalue weighted by molar-refractivity contribution is 0.0729. The standard InChI is InChI=1S/C13H26N2/c1-10(2)12-7-4-8-15(12)13(9-14)11-5-3-6-11/h10-13H,3-9,14H2,1-2H3. The molecule has 0 amide bonds. The van der Waals surface area contributed by atoms with Gasteiger partial charge in [0.2, 0.25) is 0 Å². The number of likely N-dealkylation sites (tertiary alicyclic amines) is 1. The smallest absolute Gasteiger partial charge is 0.0249 e. The molecule has 2 unspecified atom stereocenters. The molecule has 2 fully saturated rings. The van der Waals surface area contributed by atoms with E-state index >= 15 is 0 Å². The van der Waals surface area contributed by atoms with Gasteiger partial charge >= 0.3 is 0 Å². The van der Waals surface area contributed by atoms with Gasteiger partial charge < -0.3 is 5.73 Å². The Kier molecular flexibility index (Phi) is 3.68. The van der Waals surface area contributed by atoms with Gasteiger partial charge in [0, 0.05) is 18.6 Å². The van der Waals surface area contributed by atoms with Crippen LogP contribution in [0.25, 0.3) is 0 Å². The maximum atomic E-state index is 5.98. The molecule has 2 rings (SSSR count). The van der Waals surface area contributed by atoms with E-state index in [1.165, 1.54) is 38.6 Å². The van der Waals surface area contributed by atoms with E-state index in [-0.39, 0.29) is 0 Å². The average Bonchev–Trinajstić information content (AvgIpc) is 2.58. The molecule has 15 heavy (non-hydrogen) atoms. The summed E-state index contributed by atoms with van der Waals surface area (Å²) in [5, 5.41) is 0. The van der Waals surface area contributed by atoms with E-state index in [9.17, 15) is 0 Å². The number of nitrogens with zero attached hydrogens (tertiary/aromatic N) is 1. The van der Waals surface area contributed by atoms with Crippen molar-refractivity contribution in [2.75, 3.05) is 13.1 Å². The van der Waals surface area contributed by atoms with Crippen LogP contribution in [-0.4, -0.2) is 30.1 Å². The fraction of sp³-hybridized carbons (Fsp3) is 1.00. The van der Waals surface area contributed by atoms with Crippen molar-refractivity contribution in [1.29, 1.82) is 0 Å². The maximum absolute atomic E-state index is 5.98. The van der Waals surface area contributed by atoms with Gasteiger partial charge in [-0.05, 0) is 44.1 Å². The molecule has 2 heteroatoms. The predicted octanol–water partition coefficient (Wildman–Crippen LogP) is 2.23. The molecular weight excluding hydrogens is 184 g/mol. The first kappa shape index (κ1) is 11.4. The second-order valence-electron chi connectivity index (χ2n) is 5.69. The molecular formula is C13H26N2. The highest BCUT2D eigenvalue weighted by Crippen LogP contribution is 2.36. The number of rotatable bonds is 4. The zero-order chi connectivity index (χ0) is 10.8. The highest BCUT2D eigenvalue weighted by Gasteiger charge is 2.37. The highest BCUT2D eigenvalue weighted by atomic mass is 15.2. The summed E-state index contributed by atoms with van der Waals surface area (Å²) in [6.07, 6.45) is 7.04. The molecule has 1 heterocycles. The van der Waals surface area contributed by atoms with Gasteiger partial charge in [0.1, 0.15) is 0 Å². The molecule has 0 spiro atoms. The topological polar surface area (TPSA) is 29.3 Å². The van der Waals surface area contributed by atoms with E-state index in [0.29, 0.717) is 6.04 Å². The van der Waals surface area contributed by atoms with E-state index in [1.54, 1.807) is 0 Å². The minimum Gasteiger partial charge on any atom is -0.329 e. The van der Waals surface area contributed by atoms with Gasteiger partial charge in [-0.3, -0.25) is 4.90 Å². The van der Waals surface area contributed by atoms with Crippen LogP contribution in [-0.2, 0) is 0 Å². The molecule has 0 bridgehead atoms. The number of nitrogens with two attached hydrogens (primary N) is 1. The lowest BCUT2D eigenvalue weighted by atomic mass is 9.78. The first-order valence-electron chi connectivity index (χ1n) is 6.70. The molecule has 1 saturated carbocycles. The second kappa shape index (κ2) is 4.84. The third-order valence-electron chi connectivity index (χ3n) is 4.47. The zero-order valence-electron chi connectivity index (χ0n) is 10.3. The van der Waals surface area contributed by atoms with Crippen molar-refractivity contribution in [3.05, 3.63) is 0 Å². The minimum absolute atomic E-state index is 0.689. The van der Waals surface area contributed by atoms with Crippen LogP contribution in [0.4, 0.5) is 0 Å². The summed E-state index contributed by atoms with van der Waals surface area (Å²) in [5.74, 6) is 1.70. The summed E-state index contributed by atoms with van der Waals surface area (Å²) in [7, 11) is 0. The number of hydrogen-bond donors (Lipinski definition) is 1. The highest BCUT2D eigenvalue weighted by molar-refractivity contribution is 4.92. The average molecular weight is 210 g/mol. The summed E-state index contributed by atoms with van der Waals surface area (Å²) in [6.45, 7) is 6.88. The summed E-state index contributed by atoms with van der Waals surface area (Å²) in [4.78, 5) is 2.73. The molecule has 0 aromatic heterocycles. The molecule has 0 aromatic rings. The fourth-order valence-electron chi connectivity index (χ4n) is 3.37. The Labute approximate surface area is 94.2 Å². The van der Waals surface area contributed by atoms with Crippen LogP contribution < -0.4 is 5.73 Å². The zero-order valence-corrected chi connectivity index (χ0v) is 10.3. The molecule has 0 radical (unpaired) electrons. The maximum Gasteiger partial charge on any atom is 0.0249 e. The molecule has 2 aliphatic rings. The van der Waals surface area contributed by atoms with Gasteiger partial charge in [-0.1, -0.05) is 20.3 Å². The quantitative estimate of drug-likeness (QED) is 0.771. The van der Waals surface area contributed by atoms with Crippen LogP contribution in [0.3, 0.4) is 0 Å². The van der Waals surface area contributed by atoms with Crippen molar-refractivity contribution in [3.63, 3.8) is 0 Å². The van der Waals surface area contributed by atoms with Crippen molar-refractivity contribution < 1.29 is 0 Å². The van der Waals surface area contributed by atoms with Crippen LogP contribution in [0.2, 0.25) is 0 Å². The van der Waals surface area contributed by atoms with Crippen molar-refractivity contribution in [2.45, 2.75) is 58.0 Å². The Morgan fingerprint density at radius 1 is 1.20 bits per heavy atom. The Bertz CT molecular complexity index is 199. The molecule has 0 aromatic carbocycles. The Morgan fingerprint density at radius 3 is 2.40 bits per heavy atom. The van der Waals surface area contributed by atoms with E-state index in [2.05, 4.69) is 18.7 Å². The van der Waals surface area contributed by atoms with Crippen molar-refractivity contribution in [3.8, 4) is 0 Å². The van der Waals surface area contributed by atoms with E-state index in [0.717, 1.165) is 24.4 Å². The van der Waals surface area contributed by atoms with E-state index < -0.39 is 0 Å². The van der Waals surface area contributed by atoms with Crippen molar-refractivity contribution in [2.24, 2.45) is 17.6 Å². The summed E-state index contributed by atoms with van der Waals surface area (Å²) >= 11 is 0. The molecule has 88 valence electrons. The van der Waals surface area contributed by atoms with Crippen LogP contribution in [0.1, 0.15) is 46.0 Å². The summed E-state index contributed by atoms with van der Waals surface area (Å²) in [6, 6.07) is 1.49. The van der Waals surface area contributed by atoms with Gasteiger partial charge in [0.05, 0.1) is 0 Å². The molecule has 1 aliphatic heterocycles. The third-order valence-corrected chi connectivity index (χ3v) is 4.47. The van der Waals surface area contributed by atoms with Gasteiger partial charge in [-0.25, -0.2) is 0 Å². The first-order valence-corrected chi connectivity index (χ1v) is 6.70. The normalized spacial score (nSPS) is 30.8. The molecule has 1 aliphatic carbocycles. The summed E-state index contributed by atoms with van der Waals surface area (Å²) < 4.78 is 0. The summed E-state index contributed by atoms with van der Waals surface area (Å²) in [5.41, 5.74) is 5.98. The lowest BCUT2D eigenvalue weighted by Gasteiger charge is -2.42. The Balaban J connectivity index is 1.99. The largest absolute Gasteiger partial charge is 0.329 e. The van der Waals surface area contributed by atoms with Crippen molar-refractivity contribution in [1.82, 2.24) is 4.90 Å². The van der Waals surface area contributed by atoms with Gasteiger partial charge in [-0.2, -0.15) is 0 Å². The van der Waals surface area contributed by atoms with Crippen LogP contribution in [0, 0.1) is 11.8 Å². The van der Waals surface area contributed by atoms with E-state index in [1.807, 2.05) is 0 Å². The Hall–Kier alpha value is -0.0800. The van der Waals surface area contributed by atoms with Gasteiger partial charge in [0.25, 0.3) is 0 Å². The van der Waals surface area contributed by atoms with E-state index in [4.69, 9.17) is 5.73 Å². The van der Waals surface area contributed by atoms with Crippen LogP contribution >= 0.6 is 0 Å². The molecule has 2 nitrogen and oxygen atoms in total. The predicted molar refractivity (Wildman–Crippen MR) is 64.7 cm³/mol. The molecule has 2 N–H and O–H groups in total.